The summed E-state index contributed by atoms with van der Waals surface area (Å²) in [6, 6.07) is 13.7. The minimum atomic E-state index is -0.304. The average molecular weight is 306 g/mol. The van der Waals surface area contributed by atoms with E-state index in [1.165, 1.54) is 4.90 Å². The minimum absolute atomic E-state index is 0.304. The minimum Gasteiger partial charge on any atom is -0.457 e. The second-order valence-electron chi connectivity index (χ2n) is 4.60. The molecule has 0 aromatic heterocycles. The molecule has 2 rings (SSSR count). The molecule has 0 heterocycles. The van der Waals surface area contributed by atoms with Crippen LogP contribution < -0.4 is 15.6 Å². The molecule has 0 aliphatic heterocycles. The standard InChI is InChI=1S/C15H16ClN3O2/c1-18(2)15(20)19(17)12-5-9-14(10-6-12)21-13-7-3-11(16)4-8-13/h3-10H,17H2,1-2H3. The zero-order valence-electron chi connectivity index (χ0n) is 11.8. The fourth-order valence-electron chi connectivity index (χ4n) is 1.64. The van der Waals surface area contributed by atoms with Gasteiger partial charge in [0.1, 0.15) is 11.5 Å². The summed E-state index contributed by atoms with van der Waals surface area (Å²) in [5.74, 6) is 7.07. The van der Waals surface area contributed by atoms with Gasteiger partial charge in [0, 0.05) is 19.1 Å². The highest BCUT2D eigenvalue weighted by Crippen LogP contribution is 2.25. The summed E-state index contributed by atoms with van der Waals surface area (Å²) in [5, 5.41) is 1.73. The van der Waals surface area contributed by atoms with Crippen molar-refractivity contribution in [3.05, 3.63) is 53.6 Å². The maximum absolute atomic E-state index is 11.7. The Labute approximate surface area is 128 Å². The van der Waals surface area contributed by atoms with E-state index in [-0.39, 0.29) is 6.03 Å². The maximum atomic E-state index is 11.7. The van der Waals surface area contributed by atoms with Gasteiger partial charge >= 0.3 is 6.03 Å². The van der Waals surface area contributed by atoms with E-state index in [9.17, 15) is 4.79 Å². The van der Waals surface area contributed by atoms with E-state index >= 15 is 0 Å². The predicted octanol–water partition coefficient (Wildman–Crippen LogP) is 3.49. The number of nitrogens with two attached hydrogens (primary N) is 1. The van der Waals surface area contributed by atoms with Gasteiger partial charge in [0.15, 0.2) is 0 Å². The predicted molar refractivity (Wildman–Crippen MR) is 83.7 cm³/mol. The molecular weight excluding hydrogens is 290 g/mol. The molecule has 21 heavy (non-hydrogen) atoms. The van der Waals surface area contributed by atoms with Crippen LogP contribution in [-0.2, 0) is 0 Å². The summed E-state index contributed by atoms with van der Waals surface area (Å²) in [6.45, 7) is 0. The number of carbonyl (C=O) groups is 1. The molecule has 0 bridgehead atoms. The molecular formula is C15H16ClN3O2. The van der Waals surface area contributed by atoms with Gasteiger partial charge in [-0.25, -0.2) is 15.6 Å². The lowest BCUT2D eigenvalue weighted by atomic mass is 10.3. The molecule has 0 radical (unpaired) electrons. The average Bonchev–Trinajstić information content (AvgIpc) is 2.49. The summed E-state index contributed by atoms with van der Waals surface area (Å²) in [5.41, 5.74) is 0.581. The normalized spacial score (nSPS) is 10.1. The molecule has 2 N–H and O–H groups in total. The fraction of sp³-hybridized carbons (Fsp3) is 0.133. The van der Waals surface area contributed by atoms with Crippen molar-refractivity contribution in [2.75, 3.05) is 19.1 Å². The Balaban J connectivity index is 2.08. The first-order valence-corrected chi connectivity index (χ1v) is 6.65. The van der Waals surface area contributed by atoms with Crippen LogP contribution in [0, 0.1) is 0 Å². The third-order valence-corrected chi connectivity index (χ3v) is 3.00. The Bertz CT molecular complexity index is 612. The van der Waals surface area contributed by atoms with Gasteiger partial charge in [-0.1, -0.05) is 11.6 Å². The number of nitrogens with zero attached hydrogens (tertiary/aromatic N) is 2. The van der Waals surface area contributed by atoms with Gasteiger partial charge in [-0.05, 0) is 48.5 Å². The van der Waals surface area contributed by atoms with Crippen LogP contribution in [0.1, 0.15) is 0 Å². The lowest BCUT2D eigenvalue weighted by Crippen LogP contribution is -2.44. The van der Waals surface area contributed by atoms with Crippen LogP contribution in [0.25, 0.3) is 0 Å². The second-order valence-corrected chi connectivity index (χ2v) is 5.03. The summed E-state index contributed by atoms with van der Waals surface area (Å²) in [6.07, 6.45) is 0. The number of ether oxygens (including phenoxy) is 1. The zero-order chi connectivity index (χ0) is 15.4. The molecule has 2 aromatic rings. The van der Waals surface area contributed by atoms with Gasteiger partial charge in [-0.3, -0.25) is 0 Å². The lowest BCUT2D eigenvalue weighted by Gasteiger charge is -2.21. The Kier molecular flexibility index (Phi) is 4.67. The van der Waals surface area contributed by atoms with Crippen LogP contribution in [0.2, 0.25) is 5.02 Å². The molecule has 0 saturated heterocycles. The number of carbonyl (C=O) groups excluding carboxylic acids is 1. The van der Waals surface area contributed by atoms with Crippen LogP contribution >= 0.6 is 11.6 Å². The topological polar surface area (TPSA) is 58.8 Å². The highest BCUT2D eigenvalue weighted by molar-refractivity contribution is 6.30. The van der Waals surface area contributed by atoms with Crippen molar-refractivity contribution in [1.82, 2.24) is 4.90 Å². The van der Waals surface area contributed by atoms with Crippen molar-refractivity contribution in [3.63, 3.8) is 0 Å². The SMILES string of the molecule is CN(C)C(=O)N(N)c1ccc(Oc2ccc(Cl)cc2)cc1. The Hall–Kier alpha value is -2.24. The number of amides is 2. The van der Waals surface area contributed by atoms with Crippen LogP contribution in [0.15, 0.2) is 48.5 Å². The number of hydrazine groups is 1. The Morgan fingerprint density at radius 3 is 1.95 bits per heavy atom. The number of hydrogen-bond acceptors (Lipinski definition) is 3. The molecule has 2 amide bonds. The smallest absolute Gasteiger partial charge is 0.338 e. The summed E-state index contributed by atoms with van der Waals surface area (Å²) in [4.78, 5) is 13.1. The van der Waals surface area contributed by atoms with Crippen molar-refractivity contribution in [2.45, 2.75) is 0 Å². The van der Waals surface area contributed by atoms with Crippen molar-refractivity contribution >= 4 is 23.3 Å². The first-order chi connectivity index (χ1) is 9.97. The van der Waals surface area contributed by atoms with Gasteiger partial charge in [0.05, 0.1) is 5.69 Å². The van der Waals surface area contributed by atoms with Gasteiger partial charge < -0.3 is 9.64 Å². The van der Waals surface area contributed by atoms with Gasteiger partial charge in [-0.15, -0.1) is 0 Å². The molecule has 0 saturated carbocycles. The van der Waals surface area contributed by atoms with E-state index in [0.717, 1.165) is 5.01 Å². The zero-order valence-corrected chi connectivity index (χ0v) is 12.5. The van der Waals surface area contributed by atoms with Crippen LogP contribution in [0.5, 0.6) is 11.5 Å². The first kappa shape index (κ1) is 15.2. The number of hydrogen-bond donors (Lipinski definition) is 1. The molecule has 2 aromatic carbocycles. The van der Waals surface area contributed by atoms with E-state index in [1.54, 1.807) is 62.6 Å². The van der Waals surface area contributed by atoms with Crippen molar-refractivity contribution in [2.24, 2.45) is 5.84 Å². The van der Waals surface area contributed by atoms with E-state index < -0.39 is 0 Å². The van der Waals surface area contributed by atoms with Crippen LogP contribution in [0.4, 0.5) is 10.5 Å². The number of halogens is 1. The molecule has 0 unspecified atom stereocenters. The first-order valence-electron chi connectivity index (χ1n) is 6.27. The van der Waals surface area contributed by atoms with Crippen LogP contribution in [0.3, 0.4) is 0 Å². The fourth-order valence-corrected chi connectivity index (χ4v) is 1.77. The summed E-state index contributed by atoms with van der Waals surface area (Å²) in [7, 11) is 3.28. The highest BCUT2D eigenvalue weighted by atomic mass is 35.5. The number of anilines is 1. The van der Waals surface area contributed by atoms with Crippen molar-refractivity contribution in [1.29, 1.82) is 0 Å². The van der Waals surface area contributed by atoms with E-state index in [1.807, 2.05) is 0 Å². The number of rotatable bonds is 3. The van der Waals surface area contributed by atoms with E-state index in [0.29, 0.717) is 22.2 Å². The lowest BCUT2D eigenvalue weighted by molar-refractivity contribution is 0.224. The molecule has 0 spiro atoms. The monoisotopic (exact) mass is 305 g/mol. The third-order valence-electron chi connectivity index (χ3n) is 2.75. The molecule has 6 heteroatoms. The molecule has 0 atom stereocenters. The van der Waals surface area contributed by atoms with E-state index in [4.69, 9.17) is 22.2 Å². The summed E-state index contributed by atoms with van der Waals surface area (Å²) >= 11 is 5.81. The highest BCUT2D eigenvalue weighted by Gasteiger charge is 2.13. The van der Waals surface area contributed by atoms with Gasteiger partial charge in [0.25, 0.3) is 0 Å². The largest absolute Gasteiger partial charge is 0.457 e. The van der Waals surface area contributed by atoms with E-state index in [2.05, 4.69) is 0 Å². The Morgan fingerprint density at radius 2 is 1.48 bits per heavy atom. The van der Waals surface area contributed by atoms with Crippen molar-refractivity contribution in [3.8, 4) is 11.5 Å². The Morgan fingerprint density at radius 1 is 1.00 bits per heavy atom. The van der Waals surface area contributed by atoms with Crippen molar-refractivity contribution < 1.29 is 9.53 Å². The molecule has 0 fully saturated rings. The van der Waals surface area contributed by atoms with Gasteiger partial charge in [-0.2, -0.15) is 0 Å². The maximum Gasteiger partial charge on any atom is 0.338 e. The second kappa shape index (κ2) is 6.47. The van der Waals surface area contributed by atoms with Crippen LogP contribution in [-0.4, -0.2) is 25.0 Å². The molecule has 0 aliphatic carbocycles. The number of benzene rings is 2. The summed E-state index contributed by atoms with van der Waals surface area (Å²) < 4.78 is 5.66. The third kappa shape index (κ3) is 3.87. The number of urea groups is 1. The van der Waals surface area contributed by atoms with Gasteiger partial charge in [0.2, 0.25) is 0 Å². The molecule has 110 valence electrons. The molecule has 5 nitrogen and oxygen atoms in total. The molecule has 0 aliphatic rings. The quantitative estimate of drug-likeness (QED) is 0.536.